The molecule has 33 heavy (non-hydrogen) atoms. The van der Waals surface area contributed by atoms with E-state index in [0.29, 0.717) is 23.5 Å². The number of carbonyl (C=O) groups excluding carboxylic acids is 1. The first-order valence-electron chi connectivity index (χ1n) is 10.9. The monoisotopic (exact) mass is 464 g/mol. The van der Waals surface area contributed by atoms with Gasteiger partial charge in [-0.2, -0.15) is 0 Å². The van der Waals surface area contributed by atoms with Crippen LogP contribution >= 0.6 is 0 Å². The van der Waals surface area contributed by atoms with E-state index in [0.717, 1.165) is 19.3 Å². The Morgan fingerprint density at radius 2 is 1.70 bits per heavy atom. The molecule has 3 aromatic rings. The van der Waals surface area contributed by atoms with Crippen LogP contribution in [0.1, 0.15) is 35.2 Å². The molecule has 172 valence electrons. The van der Waals surface area contributed by atoms with Crippen molar-refractivity contribution in [1.82, 2.24) is 5.32 Å². The number of hydrogen-bond acceptors (Lipinski definition) is 4. The Morgan fingerprint density at radius 1 is 1.00 bits per heavy atom. The van der Waals surface area contributed by atoms with Gasteiger partial charge in [-0.3, -0.25) is 9.10 Å². The Labute approximate surface area is 195 Å². The minimum absolute atomic E-state index is 0.0464. The van der Waals surface area contributed by atoms with Crippen LogP contribution in [0.4, 0.5) is 5.69 Å². The summed E-state index contributed by atoms with van der Waals surface area (Å²) in [6.07, 6.45) is 3.19. The number of sulfonamides is 1. The topological polar surface area (TPSA) is 75.7 Å². The number of carbonyl (C=O) groups is 1. The summed E-state index contributed by atoms with van der Waals surface area (Å²) in [4.78, 5) is 13.0. The Morgan fingerprint density at radius 3 is 2.30 bits per heavy atom. The number of ether oxygens (including phenoxy) is 1. The summed E-state index contributed by atoms with van der Waals surface area (Å²) >= 11 is 0. The van der Waals surface area contributed by atoms with Crippen LogP contribution in [0.15, 0.2) is 83.8 Å². The average molecular weight is 465 g/mol. The molecule has 0 aliphatic heterocycles. The van der Waals surface area contributed by atoms with Crippen LogP contribution in [-0.2, 0) is 15.4 Å². The summed E-state index contributed by atoms with van der Waals surface area (Å²) in [6.45, 7) is 0.526. The largest absolute Gasteiger partial charge is 0.497 e. The Kier molecular flexibility index (Phi) is 6.42. The molecule has 0 aromatic heterocycles. The zero-order valence-electron chi connectivity index (χ0n) is 18.8. The number of methoxy groups -OCH3 is 1. The van der Waals surface area contributed by atoms with Crippen LogP contribution in [-0.4, -0.2) is 35.0 Å². The fourth-order valence-corrected chi connectivity index (χ4v) is 5.44. The minimum Gasteiger partial charge on any atom is -0.497 e. The predicted molar refractivity (Wildman–Crippen MR) is 129 cm³/mol. The quantitative estimate of drug-likeness (QED) is 0.537. The maximum absolute atomic E-state index is 13.2. The lowest BCUT2D eigenvalue weighted by molar-refractivity contribution is 0.0927. The van der Waals surface area contributed by atoms with E-state index >= 15 is 0 Å². The van der Waals surface area contributed by atoms with E-state index < -0.39 is 10.0 Å². The van der Waals surface area contributed by atoms with Crippen molar-refractivity contribution in [3.63, 3.8) is 0 Å². The van der Waals surface area contributed by atoms with E-state index in [9.17, 15) is 13.2 Å². The maximum Gasteiger partial charge on any atom is 0.264 e. The number of benzene rings is 3. The van der Waals surface area contributed by atoms with Gasteiger partial charge in [0.25, 0.3) is 15.9 Å². The number of hydrogen-bond donors (Lipinski definition) is 1. The first-order valence-corrected chi connectivity index (χ1v) is 12.4. The highest BCUT2D eigenvalue weighted by atomic mass is 32.2. The average Bonchev–Trinajstić information content (AvgIpc) is 2.83. The number of nitrogens with zero attached hydrogens (tertiary/aromatic N) is 1. The minimum atomic E-state index is -3.83. The van der Waals surface area contributed by atoms with Gasteiger partial charge in [-0.05, 0) is 60.9 Å². The van der Waals surface area contributed by atoms with Gasteiger partial charge in [0.1, 0.15) is 5.75 Å². The Hall–Kier alpha value is -3.32. The highest BCUT2D eigenvalue weighted by molar-refractivity contribution is 7.92. The first-order chi connectivity index (χ1) is 15.9. The highest BCUT2D eigenvalue weighted by Gasteiger charge is 2.38. The van der Waals surface area contributed by atoms with Gasteiger partial charge >= 0.3 is 0 Å². The molecule has 1 aliphatic rings. The lowest BCUT2D eigenvalue weighted by Crippen LogP contribution is -2.45. The normalized spacial score (nSPS) is 14.7. The molecule has 0 atom stereocenters. The molecule has 6 nitrogen and oxygen atoms in total. The molecule has 0 bridgehead atoms. The standard InChI is InChI=1S/C26H28N2O4S/c1-28(22-12-14-23(32-2)15-13-22)33(30,31)24-11-6-8-20(18-24)25(29)27-19-26(16-7-17-26)21-9-4-3-5-10-21/h3-6,8-15,18H,7,16-17,19H2,1-2H3,(H,27,29). The molecule has 3 aromatic carbocycles. The second-order valence-corrected chi connectivity index (χ2v) is 10.4. The van der Waals surface area contributed by atoms with E-state index in [4.69, 9.17) is 4.74 Å². The van der Waals surface area contributed by atoms with Gasteiger partial charge in [0.2, 0.25) is 0 Å². The van der Waals surface area contributed by atoms with Crippen LogP contribution in [0.5, 0.6) is 5.75 Å². The third-order valence-electron chi connectivity index (χ3n) is 6.47. The summed E-state index contributed by atoms with van der Waals surface area (Å²) in [5.41, 5.74) is 2.01. The van der Waals surface area contributed by atoms with Crippen LogP contribution in [0.3, 0.4) is 0 Å². The smallest absolute Gasteiger partial charge is 0.264 e. The van der Waals surface area contributed by atoms with Gasteiger partial charge in [0.15, 0.2) is 0 Å². The fraction of sp³-hybridized carbons (Fsp3) is 0.269. The molecule has 1 aliphatic carbocycles. The van der Waals surface area contributed by atoms with Crippen LogP contribution in [0, 0.1) is 0 Å². The molecule has 1 saturated carbocycles. The molecule has 4 rings (SSSR count). The van der Waals surface area contributed by atoms with Crippen molar-refractivity contribution < 1.29 is 17.9 Å². The van der Waals surface area contributed by atoms with Crippen LogP contribution in [0.25, 0.3) is 0 Å². The number of amides is 1. The molecule has 0 radical (unpaired) electrons. The third kappa shape index (κ3) is 4.59. The molecule has 0 unspecified atom stereocenters. The van der Waals surface area contributed by atoms with Crippen molar-refractivity contribution in [3.05, 3.63) is 90.0 Å². The second-order valence-electron chi connectivity index (χ2n) is 8.38. The SMILES string of the molecule is COc1ccc(N(C)S(=O)(=O)c2cccc(C(=O)NCC3(c4ccccc4)CCC3)c2)cc1. The molecular formula is C26H28N2O4S. The molecule has 0 heterocycles. The molecule has 7 heteroatoms. The van der Waals surface area contributed by atoms with Gasteiger partial charge in [-0.25, -0.2) is 8.42 Å². The van der Waals surface area contributed by atoms with Crippen molar-refractivity contribution in [2.45, 2.75) is 29.6 Å². The molecule has 0 spiro atoms. The van der Waals surface area contributed by atoms with Gasteiger partial charge in [-0.15, -0.1) is 0 Å². The first kappa shape index (κ1) is 22.9. The molecule has 1 N–H and O–H groups in total. The second kappa shape index (κ2) is 9.27. The predicted octanol–water partition coefficient (Wildman–Crippen LogP) is 4.37. The van der Waals surface area contributed by atoms with Crippen LogP contribution in [0.2, 0.25) is 0 Å². The summed E-state index contributed by atoms with van der Waals surface area (Å²) in [6, 6.07) is 23.2. The lowest BCUT2D eigenvalue weighted by Gasteiger charge is -2.42. The summed E-state index contributed by atoms with van der Waals surface area (Å²) < 4.78 is 32.7. The number of anilines is 1. The van der Waals surface area contributed by atoms with Crippen molar-refractivity contribution in [2.75, 3.05) is 25.0 Å². The van der Waals surface area contributed by atoms with Gasteiger partial charge in [-0.1, -0.05) is 42.8 Å². The van der Waals surface area contributed by atoms with Gasteiger partial charge < -0.3 is 10.1 Å². The molecule has 0 saturated heterocycles. The molecular weight excluding hydrogens is 436 g/mol. The van der Waals surface area contributed by atoms with E-state index in [1.165, 1.54) is 29.0 Å². The number of rotatable bonds is 8. The van der Waals surface area contributed by atoms with Crippen molar-refractivity contribution in [2.24, 2.45) is 0 Å². The zero-order valence-corrected chi connectivity index (χ0v) is 19.6. The van der Waals surface area contributed by atoms with Crippen LogP contribution < -0.4 is 14.4 Å². The molecule has 1 fully saturated rings. The Balaban J connectivity index is 1.50. The Bertz CT molecular complexity index is 1220. The van der Waals surface area contributed by atoms with E-state index in [-0.39, 0.29) is 16.2 Å². The zero-order chi connectivity index (χ0) is 23.5. The maximum atomic E-state index is 13.2. The van der Waals surface area contributed by atoms with Crippen molar-refractivity contribution in [1.29, 1.82) is 0 Å². The van der Waals surface area contributed by atoms with E-state index in [2.05, 4.69) is 17.4 Å². The third-order valence-corrected chi connectivity index (χ3v) is 8.26. The van der Waals surface area contributed by atoms with Gasteiger partial charge in [0, 0.05) is 24.6 Å². The summed E-state index contributed by atoms with van der Waals surface area (Å²) in [5, 5.41) is 3.03. The van der Waals surface area contributed by atoms with E-state index in [1.807, 2.05) is 18.2 Å². The van der Waals surface area contributed by atoms with Gasteiger partial charge in [0.05, 0.1) is 17.7 Å². The van der Waals surface area contributed by atoms with E-state index in [1.54, 1.807) is 43.5 Å². The van der Waals surface area contributed by atoms with Crippen molar-refractivity contribution >= 4 is 21.6 Å². The molecule has 1 amide bonds. The summed E-state index contributed by atoms with van der Waals surface area (Å²) in [7, 11) is -0.791. The van der Waals surface area contributed by atoms with Crippen molar-refractivity contribution in [3.8, 4) is 5.75 Å². The highest BCUT2D eigenvalue weighted by Crippen LogP contribution is 2.43. The number of nitrogens with one attached hydrogen (secondary N) is 1. The summed E-state index contributed by atoms with van der Waals surface area (Å²) in [5.74, 6) is 0.365. The lowest BCUT2D eigenvalue weighted by atomic mass is 9.64. The fourth-order valence-electron chi connectivity index (χ4n) is 4.20.